The van der Waals surface area contributed by atoms with E-state index in [1.165, 1.54) is 0 Å². The summed E-state index contributed by atoms with van der Waals surface area (Å²) in [6.07, 6.45) is 1.99. The zero-order chi connectivity index (χ0) is 14.9. The lowest BCUT2D eigenvalue weighted by molar-refractivity contribution is -0.140. The van der Waals surface area contributed by atoms with E-state index in [4.69, 9.17) is 4.74 Å². The Morgan fingerprint density at radius 1 is 1.05 bits per heavy atom. The Morgan fingerprint density at radius 2 is 1.58 bits per heavy atom. The first-order valence-electron chi connectivity index (χ1n) is 6.07. The number of carbonyl (C=O) groups excluding carboxylic acids is 3. The lowest BCUT2D eigenvalue weighted by atomic mass is 9.96. The Balaban J connectivity index is 3.82. The maximum atomic E-state index is 11.5. The fourth-order valence-electron chi connectivity index (χ4n) is 0.956. The molecule has 0 saturated heterocycles. The van der Waals surface area contributed by atoms with Gasteiger partial charge in [-0.25, -0.2) is 9.59 Å². The molecular weight excluding hydrogens is 250 g/mol. The summed E-state index contributed by atoms with van der Waals surface area (Å²) in [5.41, 5.74) is -0.478. The molecule has 0 aliphatic heterocycles. The van der Waals surface area contributed by atoms with Crippen molar-refractivity contribution < 1.29 is 23.9 Å². The van der Waals surface area contributed by atoms with Crippen molar-refractivity contribution in [1.29, 1.82) is 0 Å². The minimum Gasteiger partial charge on any atom is -0.463 e. The molecule has 0 fully saturated rings. The van der Waals surface area contributed by atoms with Crippen molar-refractivity contribution in [3.8, 4) is 0 Å². The summed E-state index contributed by atoms with van der Waals surface area (Å²) in [6.45, 7) is 7.56. The summed E-state index contributed by atoms with van der Waals surface area (Å²) < 4.78 is 9.38. The van der Waals surface area contributed by atoms with Gasteiger partial charge >= 0.3 is 11.9 Å². The molecule has 0 atom stereocenters. The number of carbonyl (C=O) groups is 3. The molecule has 0 radical (unpaired) electrons. The normalized spacial score (nSPS) is 11.2. The van der Waals surface area contributed by atoms with E-state index in [0.717, 1.165) is 12.2 Å². The number of hydrogen-bond acceptors (Lipinski definition) is 5. The predicted molar refractivity (Wildman–Crippen MR) is 69.2 cm³/mol. The zero-order valence-electron chi connectivity index (χ0n) is 11.8. The summed E-state index contributed by atoms with van der Waals surface area (Å²) in [5.74, 6) is -1.37. The fourth-order valence-corrected chi connectivity index (χ4v) is 0.956. The van der Waals surface area contributed by atoms with E-state index >= 15 is 0 Å². The van der Waals surface area contributed by atoms with Gasteiger partial charge in [-0.05, 0) is 6.92 Å². The molecule has 19 heavy (non-hydrogen) atoms. The predicted octanol–water partition coefficient (Wildman–Crippen LogP) is 0.811. The third-order valence-electron chi connectivity index (χ3n) is 1.96. The van der Waals surface area contributed by atoms with Crippen LogP contribution in [0.4, 0.5) is 0 Å². The van der Waals surface area contributed by atoms with Crippen LogP contribution in [-0.4, -0.2) is 37.6 Å². The molecule has 0 spiro atoms. The van der Waals surface area contributed by atoms with Gasteiger partial charge in [-0.1, -0.05) is 20.8 Å². The number of ether oxygens (including phenoxy) is 2. The Labute approximate surface area is 113 Å². The third-order valence-corrected chi connectivity index (χ3v) is 1.96. The maximum Gasteiger partial charge on any atom is 0.331 e. The monoisotopic (exact) mass is 271 g/mol. The largest absolute Gasteiger partial charge is 0.463 e. The molecule has 6 nitrogen and oxygen atoms in total. The van der Waals surface area contributed by atoms with Crippen LogP contribution in [-0.2, 0) is 23.9 Å². The van der Waals surface area contributed by atoms with Gasteiger partial charge in [0.1, 0.15) is 6.61 Å². The van der Waals surface area contributed by atoms with Crippen LogP contribution in [0, 0.1) is 5.41 Å². The third kappa shape index (κ3) is 8.82. The minimum atomic E-state index is -0.655. The summed E-state index contributed by atoms with van der Waals surface area (Å²) in [5, 5.41) is 2.63. The van der Waals surface area contributed by atoms with Gasteiger partial charge in [0.05, 0.1) is 13.2 Å². The van der Waals surface area contributed by atoms with Gasteiger partial charge in [-0.15, -0.1) is 0 Å². The summed E-state index contributed by atoms with van der Waals surface area (Å²) in [7, 11) is 0. The summed E-state index contributed by atoms with van der Waals surface area (Å²) >= 11 is 0. The van der Waals surface area contributed by atoms with Crippen LogP contribution >= 0.6 is 0 Å². The van der Waals surface area contributed by atoms with Crippen LogP contribution in [0.15, 0.2) is 12.2 Å². The average molecular weight is 271 g/mol. The van der Waals surface area contributed by atoms with Gasteiger partial charge in [0.15, 0.2) is 0 Å². The van der Waals surface area contributed by atoms with Gasteiger partial charge in [0, 0.05) is 17.6 Å². The highest BCUT2D eigenvalue weighted by Gasteiger charge is 2.20. The van der Waals surface area contributed by atoms with E-state index in [9.17, 15) is 14.4 Å². The highest BCUT2D eigenvalue weighted by Crippen LogP contribution is 2.11. The van der Waals surface area contributed by atoms with E-state index in [1.807, 2.05) is 0 Å². The first kappa shape index (κ1) is 17.2. The smallest absolute Gasteiger partial charge is 0.331 e. The molecule has 0 aliphatic carbocycles. The molecule has 0 aromatic heterocycles. The Hall–Kier alpha value is -1.85. The first-order chi connectivity index (χ1) is 8.77. The standard InChI is InChI=1S/C13H21NO5/c1-5-18-10(15)6-7-11(16)19-9-8-14-12(17)13(2,3)4/h6-7H,5,8-9H2,1-4H3,(H,14,17)/b7-6+. The summed E-state index contributed by atoms with van der Waals surface area (Å²) in [6, 6.07) is 0. The Kier molecular flexibility index (Phi) is 7.48. The molecule has 0 saturated carbocycles. The van der Waals surface area contributed by atoms with Crippen molar-refractivity contribution in [2.45, 2.75) is 27.7 Å². The van der Waals surface area contributed by atoms with E-state index < -0.39 is 17.4 Å². The van der Waals surface area contributed by atoms with Gasteiger partial charge < -0.3 is 14.8 Å². The summed E-state index contributed by atoms with van der Waals surface area (Å²) in [4.78, 5) is 33.5. The van der Waals surface area contributed by atoms with E-state index in [2.05, 4.69) is 10.1 Å². The minimum absolute atomic E-state index is 0.0494. The molecule has 0 heterocycles. The Bertz CT molecular complexity index is 355. The molecule has 0 unspecified atom stereocenters. The highest BCUT2D eigenvalue weighted by molar-refractivity contribution is 5.91. The van der Waals surface area contributed by atoms with Crippen molar-refractivity contribution in [2.24, 2.45) is 5.41 Å². The molecule has 0 rings (SSSR count). The van der Waals surface area contributed by atoms with Crippen molar-refractivity contribution in [3.63, 3.8) is 0 Å². The van der Waals surface area contributed by atoms with Crippen LogP contribution in [0.1, 0.15) is 27.7 Å². The second-order valence-corrected chi connectivity index (χ2v) is 4.76. The van der Waals surface area contributed by atoms with E-state index in [1.54, 1.807) is 27.7 Å². The molecule has 6 heteroatoms. The topological polar surface area (TPSA) is 81.7 Å². The number of hydrogen-bond donors (Lipinski definition) is 1. The average Bonchev–Trinajstić information content (AvgIpc) is 2.31. The van der Waals surface area contributed by atoms with E-state index in [-0.39, 0.29) is 25.7 Å². The molecule has 0 aromatic carbocycles. The van der Waals surface area contributed by atoms with Gasteiger partial charge in [0.25, 0.3) is 0 Å². The van der Waals surface area contributed by atoms with Crippen LogP contribution < -0.4 is 5.32 Å². The van der Waals surface area contributed by atoms with Crippen LogP contribution in [0.5, 0.6) is 0 Å². The van der Waals surface area contributed by atoms with Gasteiger partial charge in [-0.3, -0.25) is 4.79 Å². The first-order valence-corrected chi connectivity index (χ1v) is 6.07. The van der Waals surface area contributed by atoms with Crippen LogP contribution in [0.3, 0.4) is 0 Å². The molecule has 1 amide bonds. The second kappa shape index (κ2) is 8.29. The fraction of sp³-hybridized carbons (Fsp3) is 0.615. The molecular formula is C13H21NO5. The Morgan fingerprint density at radius 3 is 2.05 bits per heavy atom. The quantitative estimate of drug-likeness (QED) is 0.439. The van der Waals surface area contributed by atoms with Crippen LogP contribution in [0.2, 0.25) is 0 Å². The van der Waals surface area contributed by atoms with Gasteiger partial charge in [-0.2, -0.15) is 0 Å². The number of nitrogens with one attached hydrogen (secondary N) is 1. The number of amides is 1. The molecule has 108 valence electrons. The van der Waals surface area contributed by atoms with E-state index in [0.29, 0.717) is 0 Å². The van der Waals surface area contributed by atoms with Crippen LogP contribution in [0.25, 0.3) is 0 Å². The van der Waals surface area contributed by atoms with Crippen molar-refractivity contribution >= 4 is 17.8 Å². The molecule has 1 N–H and O–H groups in total. The number of esters is 2. The SMILES string of the molecule is CCOC(=O)/C=C/C(=O)OCCNC(=O)C(C)(C)C. The van der Waals surface area contributed by atoms with Gasteiger partial charge in [0.2, 0.25) is 5.91 Å². The molecule has 0 aromatic rings. The lowest BCUT2D eigenvalue weighted by Crippen LogP contribution is -2.36. The molecule has 0 bridgehead atoms. The van der Waals surface area contributed by atoms with Crippen molar-refractivity contribution in [2.75, 3.05) is 19.8 Å². The molecule has 0 aliphatic rings. The highest BCUT2D eigenvalue weighted by atomic mass is 16.5. The number of rotatable bonds is 6. The lowest BCUT2D eigenvalue weighted by Gasteiger charge is -2.17. The zero-order valence-corrected chi connectivity index (χ0v) is 11.8. The van der Waals surface area contributed by atoms with Crippen molar-refractivity contribution in [3.05, 3.63) is 12.2 Å². The second-order valence-electron chi connectivity index (χ2n) is 4.76. The maximum absolute atomic E-state index is 11.5. The van der Waals surface area contributed by atoms with Crippen molar-refractivity contribution in [1.82, 2.24) is 5.32 Å².